The summed E-state index contributed by atoms with van der Waals surface area (Å²) in [4.78, 5) is 27.9. The predicted octanol–water partition coefficient (Wildman–Crippen LogP) is 4.95. The van der Waals surface area contributed by atoms with Crippen LogP contribution in [0.5, 0.6) is 11.5 Å². The Morgan fingerprint density at radius 1 is 0.909 bits per heavy atom. The highest BCUT2D eigenvalue weighted by Crippen LogP contribution is 2.42. The Morgan fingerprint density at radius 3 is 2.24 bits per heavy atom. The molecule has 3 aromatic carbocycles. The number of aliphatic hydroxyl groups is 1. The lowest BCUT2D eigenvalue weighted by Crippen LogP contribution is -2.29. The van der Waals surface area contributed by atoms with Gasteiger partial charge in [0.05, 0.1) is 25.8 Å². The summed E-state index contributed by atoms with van der Waals surface area (Å²) in [6, 6.07) is 18.9. The van der Waals surface area contributed by atoms with Crippen molar-refractivity contribution >= 4 is 23.1 Å². The van der Waals surface area contributed by atoms with E-state index in [2.05, 4.69) is 0 Å². The standard InChI is InChI=1S/C27H25NO5/c1-16-6-5-7-20(14-16)28-24(18-8-11-21(32-3)12-9-18)23(26(30)27(28)31)25(29)19-10-13-22(33-4)17(2)15-19/h5-15,24,29H,1-4H3/b25-23-. The molecule has 1 heterocycles. The molecule has 33 heavy (non-hydrogen) atoms. The largest absolute Gasteiger partial charge is 0.507 e. The molecule has 1 atom stereocenters. The third-order valence-electron chi connectivity index (χ3n) is 5.82. The maximum absolute atomic E-state index is 13.2. The number of aliphatic hydroxyl groups excluding tert-OH is 1. The number of anilines is 1. The van der Waals surface area contributed by atoms with Crippen LogP contribution in [0, 0.1) is 13.8 Å². The lowest BCUT2D eigenvalue weighted by atomic mass is 9.94. The molecule has 0 bridgehead atoms. The molecule has 4 rings (SSSR count). The molecule has 0 spiro atoms. The Morgan fingerprint density at radius 2 is 1.64 bits per heavy atom. The minimum absolute atomic E-state index is 0.0382. The number of ether oxygens (including phenoxy) is 2. The summed E-state index contributed by atoms with van der Waals surface area (Å²) in [6.45, 7) is 3.77. The molecule has 1 saturated heterocycles. The third-order valence-corrected chi connectivity index (χ3v) is 5.82. The number of ketones is 1. The van der Waals surface area contributed by atoms with Crippen molar-refractivity contribution in [3.05, 3.63) is 94.6 Å². The first-order valence-electron chi connectivity index (χ1n) is 10.5. The number of aryl methyl sites for hydroxylation is 2. The zero-order valence-electron chi connectivity index (χ0n) is 19.0. The summed E-state index contributed by atoms with van der Waals surface area (Å²) < 4.78 is 10.6. The molecular formula is C27H25NO5. The summed E-state index contributed by atoms with van der Waals surface area (Å²) in [5, 5.41) is 11.3. The fourth-order valence-electron chi connectivity index (χ4n) is 4.16. The SMILES string of the molecule is COc1ccc(C2/C(=C(/O)c3ccc(OC)c(C)c3)C(=O)C(=O)N2c2cccc(C)c2)cc1. The van der Waals surface area contributed by atoms with Crippen molar-refractivity contribution in [1.82, 2.24) is 0 Å². The van der Waals surface area contributed by atoms with E-state index in [9.17, 15) is 14.7 Å². The summed E-state index contributed by atoms with van der Waals surface area (Å²) in [6.07, 6.45) is 0. The van der Waals surface area contributed by atoms with Gasteiger partial charge in [-0.2, -0.15) is 0 Å². The molecule has 0 saturated carbocycles. The minimum atomic E-state index is -0.792. The number of rotatable bonds is 5. The molecule has 168 valence electrons. The number of nitrogens with zero attached hydrogens (tertiary/aromatic N) is 1. The topological polar surface area (TPSA) is 76.1 Å². The molecule has 1 aliphatic heterocycles. The van der Waals surface area contributed by atoms with Crippen molar-refractivity contribution in [2.24, 2.45) is 0 Å². The average Bonchev–Trinajstić information content (AvgIpc) is 3.09. The molecule has 1 unspecified atom stereocenters. The fraction of sp³-hybridized carbons (Fsp3) is 0.185. The number of hydrogen-bond donors (Lipinski definition) is 1. The molecule has 0 radical (unpaired) electrons. The van der Waals surface area contributed by atoms with Gasteiger partial charge in [0, 0.05) is 11.3 Å². The van der Waals surface area contributed by atoms with E-state index in [0.29, 0.717) is 28.3 Å². The van der Waals surface area contributed by atoms with Gasteiger partial charge < -0.3 is 14.6 Å². The van der Waals surface area contributed by atoms with E-state index in [0.717, 1.165) is 11.1 Å². The van der Waals surface area contributed by atoms with Crippen LogP contribution >= 0.6 is 0 Å². The second-order valence-corrected chi connectivity index (χ2v) is 7.97. The zero-order chi connectivity index (χ0) is 23.7. The molecule has 0 aliphatic carbocycles. The van der Waals surface area contributed by atoms with E-state index in [1.54, 1.807) is 62.8 Å². The average molecular weight is 443 g/mol. The highest BCUT2D eigenvalue weighted by molar-refractivity contribution is 6.51. The van der Waals surface area contributed by atoms with Gasteiger partial charge in [0.2, 0.25) is 0 Å². The van der Waals surface area contributed by atoms with Crippen LogP contribution in [0.4, 0.5) is 5.69 Å². The molecule has 1 N–H and O–H groups in total. The van der Waals surface area contributed by atoms with Crippen molar-refractivity contribution in [3.8, 4) is 11.5 Å². The van der Waals surface area contributed by atoms with Gasteiger partial charge in [-0.15, -0.1) is 0 Å². The van der Waals surface area contributed by atoms with Gasteiger partial charge in [-0.05, 0) is 73.0 Å². The summed E-state index contributed by atoms with van der Waals surface area (Å²) in [5.41, 5.74) is 3.50. The zero-order valence-corrected chi connectivity index (χ0v) is 19.0. The number of carbonyl (C=O) groups is 2. The van der Waals surface area contributed by atoms with Crippen LogP contribution in [0.3, 0.4) is 0 Å². The van der Waals surface area contributed by atoms with Gasteiger partial charge in [0.1, 0.15) is 17.3 Å². The van der Waals surface area contributed by atoms with E-state index in [-0.39, 0.29) is 11.3 Å². The number of benzene rings is 3. The van der Waals surface area contributed by atoms with E-state index >= 15 is 0 Å². The normalized spacial score (nSPS) is 17.3. The number of Topliss-reactive ketones (excluding diaryl/α,β-unsaturated/α-hetero) is 1. The minimum Gasteiger partial charge on any atom is -0.507 e. The molecule has 1 aliphatic rings. The van der Waals surface area contributed by atoms with Crippen molar-refractivity contribution in [1.29, 1.82) is 0 Å². The first-order chi connectivity index (χ1) is 15.8. The van der Waals surface area contributed by atoms with Crippen molar-refractivity contribution in [2.45, 2.75) is 19.9 Å². The molecule has 3 aromatic rings. The van der Waals surface area contributed by atoms with Crippen LogP contribution in [0.1, 0.15) is 28.3 Å². The number of carbonyl (C=O) groups excluding carboxylic acids is 2. The maximum Gasteiger partial charge on any atom is 0.300 e. The second kappa shape index (κ2) is 8.82. The summed E-state index contributed by atoms with van der Waals surface area (Å²) in [7, 11) is 3.14. The summed E-state index contributed by atoms with van der Waals surface area (Å²) in [5.74, 6) is -0.331. The smallest absolute Gasteiger partial charge is 0.300 e. The molecule has 6 heteroatoms. The quantitative estimate of drug-likeness (QED) is 0.343. The Balaban J connectivity index is 1.93. The van der Waals surface area contributed by atoms with Gasteiger partial charge in [-0.3, -0.25) is 14.5 Å². The van der Waals surface area contributed by atoms with Gasteiger partial charge in [0.25, 0.3) is 11.7 Å². The van der Waals surface area contributed by atoms with Crippen LogP contribution in [0.25, 0.3) is 5.76 Å². The molecule has 1 fully saturated rings. The fourth-order valence-corrected chi connectivity index (χ4v) is 4.16. The van der Waals surface area contributed by atoms with Crippen molar-refractivity contribution in [3.63, 3.8) is 0 Å². The summed E-state index contributed by atoms with van der Waals surface area (Å²) >= 11 is 0. The molecule has 6 nitrogen and oxygen atoms in total. The van der Waals surface area contributed by atoms with E-state index in [1.807, 2.05) is 32.0 Å². The highest BCUT2D eigenvalue weighted by atomic mass is 16.5. The van der Waals surface area contributed by atoms with Gasteiger partial charge in [0.15, 0.2) is 0 Å². The van der Waals surface area contributed by atoms with Crippen LogP contribution in [0.2, 0.25) is 0 Å². The van der Waals surface area contributed by atoms with Gasteiger partial charge in [-0.25, -0.2) is 0 Å². The van der Waals surface area contributed by atoms with Crippen LogP contribution in [-0.4, -0.2) is 31.0 Å². The Kier molecular flexibility index (Phi) is 5.92. The van der Waals surface area contributed by atoms with Gasteiger partial charge >= 0.3 is 0 Å². The maximum atomic E-state index is 13.2. The van der Waals surface area contributed by atoms with Crippen LogP contribution in [-0.2, 0) is 9.59 Å². The van der Waals surface area contributed by atoms with E-state index in [1.165, 1.54) is 4.90 Å². The highest BCUT2D eigenvalue weighted by Gasteiger charge is 2.47. The van der Waals surface area contributed by atoms with Crippen LogP contribution < -0.4 is 14.4 Å². The first-order valence-corrected chi connectivity index (χ1v) is 10.5. The predicted molar refractivity (Wildman–Crippen MR) is 127 cm³/mol. The lowest BCUT2D eigenvalue weighted by Gasteiger charge is -2.26. The number of methoxy groups -OCH3 is 2. The lowest BCUT2D eigenvalue weighted by molar-refractivity contribution is -0.132. The molecular weight excluding hydrogens is 418 g/mol. The van der Waals surface area contributed by atoms with E-state index < -0.39 is 17.7 Å². The Labute approximate surface area is 192 Å². The van der Waals surface area contributed by atoms with Crippen molar-refractivity contribution < 1.29 is 24.2 Å². The Hall–Kier alpha value is -4.06. The van der Waals surface area contributed by atoms with Crippen molar-refractivity contribution in [2.75, 3.05) is 19.1 Å². The molecule has 0 aromatic heterocycles. The molecule has 1 amide bonds. The number of hydrogen-bond acceptors (Lipinski definition) is 5. The first kappa shape index (κ1) is 22.1. The second-order valence-electron chi connectivity index (χ2n) is 7.97. The number of amides is 1. The third kappa shape index (κ3) is 3.96. The van der Waals surface area contributed by atoms with Gasteiger partial charge in [-0.1, -0.05) is 24.3 Å². The monoisotopic (exact) mass is 443 g/mol. The van der Waals surface area contributed by atoms with E-state index in [4.69, 9.17) is 9.47 Å². The van der Waals surface area contributed by atoms with Crippen LogP contribution in [0.15, 0.2) is 72.3 Å². The Bertz CT molecular complexity index is 1260.